The van der Waals surface area contributed by atoms with Gasteiger partial charge in [-0.15, -0.1) is 0 Å². The topological polar surface area (TPSA) is 55.8 Å². The third-order valence-corrected chi connectivity index (χ3v) is 4.49. The number of hydrogen-bond donors (Lipinski definition) is 0. The molecule has 1 saturated heterocycles. The minimum absolute atomic E-state index is 0.0524. The van der Waals surface area contributed by atoms with E-state index in [1.807, 2.05) is 0 Å². The molecule has 0 N–H and O–H groups in total. The SMILES string of the molecule is COc1ccccc1OC(=O)[C@H]1CC(=O)N(c2cc(Cl)ccc2Cl)C1. The van der Waals surface area contributed by atoms with E-state index in [4.69, 9.17) is 32.7 Å². The molecule has 1 aliphatic heterocycles. The van der Waals surface area contributed by atoms with Gasteiger partial charge in [-0.25, -0.2) is 0 Å². The lowest BCUT2D eigenvalue weighted by Gasteiger charge is -2.18. The number of amides is 1. The first kappa shape index (κ1) is 17.6. The maximum absolute atomic E-state index is 12.4. The zero-order valence-electron chi connectivity index (χ0n) is 13.4. The highest BCUT2D eigenvalue weighted by Crippen LogP contribution is 2.34. The van der Waals surface area contributed by atoms with Crippen molar-refractivity contribution in [2.24, 2.45) is 5.92 Å². The number of halogens is 2. The fraction of sp³-hybridized carbons (Fsp3) is 0.222. The van der Waals surface area contributed by atoms with Gasteiger partial charge in [0.25, 0.3) is 0 Å². The molecule has 130 valence electrons. The van der Waals surface area contributed by atoms with Gasteiger partial charge in [-0.3, -0.25) is 9.59 Å². The normalized spacial score (nSPS) is 16.8. The van der Waals surface area contributed by atoms with Crippen molar-refractivity contribution in [2.75, 3.05) is 18.6 Å². The molecule has 0 saturated carbocycles. The number of nitrogens with zero attached hydrogens (tertiary/aromatic N) is 1. The minimum atomic E-state index is -0.590. The average Bonchev–Trinajstić information content (AvgIpc) is 2.99. The molecule has 0 bridgehead atoms. The van der Waals surface area contributed by atoms with Crippen molar-refractivity contribution >= 4 is 40.8 Å². The van der Waals surface area contributed by atoms with E-state index in [2.05, 4.69) is 0 Å². The summed E-state index contributed by atoms with van der Waals surface area (Å²) in [5.74, 6) is -0.506. The summed E-state index contributed by atoms with van der Waals surface area (Å²) in [4.78, 5) is 26.2. The first-order valence-corrected chi connectivity index (χ1v) is 8.35. The quantitative estimate of drug-likeness (QED) is 0.595. The van der Waals surface area contributed by atoms with E-state index in [0.29, 0.717) is 27.2 Å². The van der Waals surface area contributed by atoms with Crippen LogP contribution in [0.1, 0.15) is 6.42 Å². The molecule has 25 heavy (non-hydrogen) atoms. The number of anilines is 1. The maximum Gasteiger partial charge on any atom is 0.316 e. The minimum Gasteiger partial charge on any atom is -0.493 e. The maximum atomic E-state index is 12.4. The lowest BCUT2D eigenvalue weighted by molar-refractivity contribution is -0.139. The average molecular weight is 380 g/mol. The highest BCUT2D eigenvalue weighted by atomic mass is 35.5. The Bertz CT molecular complexity index is 824. The van der Waals surface area contributed by atoms with Gasteiger partial charge in [0.2, 0.25) is 5.91 Å². The summed E-state index contributed by atoms with van der Waals surface area (Å²) >= 11 is 12.1. The van der Waals surface area contributed by atoms with Crippen molar-refractivity contribution < 1.29 is 19.1 Å². The largest absolute Gasteiger partial charge is 0.493 e. The smallest absolute Gasteiger partial charge is 0.316 e. The summed E-state index contributed by atoms with van der Waals surface area (Å²) in [7, 11) is 1.49. The van der Waals surface area contributed by atoms with Gasteiger partial charge in [-0.2, -0.15) is 0 Å². The predicted molar refractivity (Wildman–Crippen MR) is 95.6 cm³/mol. The number of hydrogen-bond acceptors (Lipinski definition) is 4. The third-order valence-electron chi connectivity index (χ3n) is 3.94. The predicted octanol–water partition coefficient (Wildman–Crippen LogP) is 3.96. The summed E-state index contributed by atoms with van der Waals surface area (Å²) < 4.78 is 10.6. The number of esters is 1. The van der Waals surface area contributed by atoms with Gasteiger partial charge in [0.1, 0.15) is 0 Å². The van der Waals surface area contributed by atoms with Crippen LogP contribution in [0.15, 0.2) is 42.5 Å². The van der Waals surface area contributed by atoms with E-state index >= 15 is 0 Å². The number of carbonyl (C=O) groups is 2. The molecule has 2 aromatic rings. The van der Waals surface area contributed by atoms with Gasteiger partial charge in [0, 0.05) is 18.0 Å². The molecule has 3 rings (SSSR count). The summed E-state index contributed by atoms with van der Waals surface area (Å²) in [6.07, 6.45) is 0.0524. The summed E-state index contributed by atoms with van der Waals surface area (Å²) in [6.45, 7) is 0.187. The van der Waals surface area contributed by atoms with Crippen molar-refractivity contribution in [2.45, 2.75) is 6.42 Å². The Kier molecular flexibility index (Phi) is 5.16. The fourth-order valence-corrected chi connectivity index (χ4v) is 3.07. The van der Waals surface area contributed by atoms with Crippen LogP contribution in [0, 0.1) is 5.92 Å². The highest BCUT2D eigenvalue weighted by Gasteiger charge is 2.37. The number of ether oxygens (including phenoxy) is 2. The van der Waals surface area contributed by atoms with Crippen molar-refractivity contribution in [1.29, 1.82) is 0 Å². The number of methoxy groups -OCH3 is 1. The summed E-state index contributed by atoms with van der Waals surface area (Å²) in [6, 6.07) is 11.7. The molecular formula is C18H15Cl2NO4. The Morgan fingerprint density at radius 3 is 2.60 bits per heavy atom. The lowest BCUT2D eigenvalue weighted by atomic mass is 10.1. The van der Waals surface area contributed by atoms with Crippen LogP contribution in [-0.4, -0.2) is 25.5 Å². The van der Waals surface area contributed by atoms with Crippen molar-refractivity contribution in [3.05, 3.63) is 52.5 Å². The third kappa shape index (κ3) is 3.72. The number of para-hydroxylation sites is 2. The van der Waals surface area contributed by atoms with Crippen LogP contribution in [-0.2, 0) is 9.59 Å². The number of benzene rings is 2. The van der Waals surface area contributed by atoms with Crippen molar-refractivity contribution in [3.8, 4) is 11.5 Å². The Balaban J connectivity index is 1.76. The van der Waals surface area contributed by atoms with Crippen molar-refractivity contribution in [1.82, 2.24) is 0 Å². The molecule has 2 aromatic carbocycles. The molecule has 0 unspecified atom stereocenters. The highest BCUT2D eigenvalue weighted by molar-refractivity contribution is 6.35. The molecule has 1 aliphatic rings. The lowest BCUT2D eigenvalue weighted by Crippen LogP contribution is -2.27. The molecule has 0 aliphatic carbocycles. The second-order valence-electron chi connectivity index (χ2n) is 5.57. The monoisotopic (exact) mass is 379 g/mol. The van der Waals surface area contributed by atoms with Crippen molar-refractivity contribution in [3.63, 3.8) is 0 Å². The molecule has 5 nitrogen and oxygen atoms in total. The molecule has 0 aromatic heterocycles. The van der Waals surface area contributed by atoms with E-state index in [1.165, 1.54) is 12.0 Å². The zero-order chi connectivity index (χ0) is 18.0. The van der Waals surface area contributed by atoms with Gasteiger partial charge < -0.3 is 14.4 Å². The Morgan fingerprint density at radius 1 is 1.16 bits per heavy atom. The molecule has 1 amide bonds. The van der Waals surface area contributed by atoms with Crippen LogP contribution in [0.3, 0.4) is 0 Å². The number of rotatable bonds is 4. The second-order valence-corrected chi connectivity index (χ2v) is 6.42. The van der Waals surface area contributed by atoms with E-state index in [9.17, 15) is 9.59 Å². The second kappa shape index (κ2) is 7.33. The molecule has 1 heterocycles. The first-order chi connectivity index (χ1) is 12.0. The molecule has 0 spiro atoms. The van der Waals surface area contributed by atoms with Gasteiger partial charge in [-0.1, -0.05) is 35.3 Å². The van der Waals surface area contributed by atoms with Crippen LogP contribution < -0.4 is 14.4 Å². The molecule has 1 fully saturated rings. The van der Waals surface area contributed by atoms with Crippen LogP contribution in [0.2, 0.25) is 10.0 Å². The summed E-state index contributed by atoms with van der Waals surface area (Å²) in [5.41, 5.74) is 0.492. The van der Waals surface area contributed by atoms with E-state index in [1.54, 1.807) is 42.5 Å². The van der Waals surface area contributed by atoms with E-state index in [-0.39, 0.29) is 18.9 Å². The van der Waals surface area contributed by atoms with E-state index < -0.39 is 11.9 Å². The van der Waals surface area contributed by atoms with Crippen LogP contribution in [0.4, 0.5) is 5.69 Å². The van der Waals surface area contributed by atoms with Gasteiger partial charge in [0.05, 0.1) is 23.7 Å². The molecule has 7 heteroatoms. The standard InChI is InChI=1S/C18H15Cl2NO4/c1-24-15-4-2-3-5-16(15)25-18(23)11-8-17(22)21(10-11)14-9-12(19)6-7-13(14)20/h2-7,9,11H,8,10H2,1H3/t11-/m0/s1. The van der Waals surface area contributed by atoms with Crippen LogP contribution >= 0.6 is 23.2 Å². The fourth-order valence-electron chi connectivity index (χ4n) is 2.69. The Morgan fingerprint density at radius 2 is 1.88 bits per heavy atom. The Hall–Kier alpha value is -2.24. The van der Waals surface area contributed by atoms with Gasteiger partial charge >= 0.3 is 5.97 Å². The molecular weight excluding hydrogens is 365 g/mol. The van der Waals surface area contributed by atoms with Crippen LogP contribution in [0.25, 0.3) is 0 Å². The zero-order valence-corrected chi connectivity index (χ0v) is 14.9. The van der Waals surface area contributed by atoms with Gasteiger partial charge in [0.15, 0.2) is 11.5 Å². The van der Waals surface area contributed by atoms with E-state index in [0.717, 1.165) is 0 Å². The Labute approximate surface area is 155 Å². The van der Waals surface area contributed by atoms with Gasteiger partial charge in [-0.05, 0) is 30.3 Å². The molecule has 1 atom stereocenters. The number of carbonyl (C=O) groups excluding carboxylic acids is 2. The molecule has 0 radical (unpaired) electrons. The first-order valence-electron chi connectivity index (χ1n) is 7.59. The van der Waals surface area contributed by atoms with Crippen LogP contribution in [0.5, 0.6) is 11.5 Å². The summed E-state index contributed by atoms with van der Waals surface area (Å²) in [5, 5.41) is 0.865.